The van der Waals surface area contributed by atoms with Crippen LogP contribution >= 0.6 is 0 Å². The Morgan fingerprint density at radius 2 is 2.00 bits per heavy atom. The Morgan fingerprint density at radius 1 is 1.26 bits per heavy atom. The van der Waals surface area contributed by atoms with Gasteiger partial charge in [-0.3, -0.25) is 0 Å². The number of anilines is 1. The summed E-state index contributed by atoms with van der Waals surface area (Å²) >= 11 is 0. The molecule has 108 valence electrons. The molecule has 0 bridgehead atoms. The fourth-order valence-electron chi connectivity index (χ4n) is 1.49. The molecule has 0 amide bonds. The number of hydrogen-bond acceptors (Lipinski definition) is 5. The molecule has 0 radical (unpaired) electrons. The summed E-state index contributed by atoms with van der Waals surface area (Å²) in [6, 6.07) is 4.81. The first-order valence-electron chi connectivity index (χ1n) is 5.90. The number of ether oxygens (including phenoxy) is 2. The van der Waals surface area contributed by atoms with Gasteiger partial charge < -0.3 is 15.2 Å². The predicted octanol–water partition coefficient (Wildman–Crippen LogP) is 0.519. The number of rotatable bonds is 8. The third-order valence-corrected chi connectivity index (χ3v) is 4.19. The van der Waals surface area contributed by atoms with Gasteiger partial charge in [-0.2, -0.15) is 0 Å². The molecule has 1 aromatic carbocycles. The fourth-order valence-corrected chi connectivity index (χ4v) is 2.78. The summed E-state index contributed by atoms with van der Waals surface area (Å²) in [5.41, 5.74) is 6.71. The lowest BCUT2D eigenvalue weighted by molar-refractivity contribution is 0.0736. The lowest BCUT2D eigenvalue weighted by Gasteiger charge is -2.10. The molecule has 0 atom stereocenters. The average Bonchev–Trinajstić information content (AvgIpc) is 2.36. The van der Waals surface area contributed by atoms with Crippen molar-refractivity contribution in [2.75, 3.05) is 39.2 Å². The Kier molecular flexibility index (Phi) is 6.23. The number of methoxy groups -OCH3 is 1. The summed E-state index contributed by atoms with van der Waals surface area (Å²) in [6.45, 7) is 3.11. The zero-order valence-electron chi connectivity index (χ0n) is 11.2. The van der Waals surface area contributed by atoms with E-state index in [1.807, 2.05) is 0 Å². The van der Waals surface area contributed by atoms with E-state index in [4.69, 9.17) is 15.2 Å². The van der Waals surface area contributed by atoms with E-state index in [0.717, 1.165) is 0 Å². The minimum atomic E-state index is -3.55. The summed E-state index contributed by atoms with van der Waals surface area (Å²) < 4.78 is 36.6. The second kappa shape index (κ2) is 7.44. The Labute approximate surface area is 113 Å². The van der Waals surface area contributed by atoms with E-state index >= 15 is 0 Å². The number of nitrogen functional groups attached to an aromatic ring is 1. The SMILES string of the molecule is COCCOCCNS(=O)(=O)c1cccc(N)c1C. The van der Waals surface area contributed by atoms with Gasteiger partial charge in [-0.1, -0.05) is 6.07 Å². The van der Waals surface area contributed by atoms with Crippen LogP contribution in [0.1, 0.15) is 5.56 Å². The highest BCUT2D eigenvalue weighted by molar-refractivity contribution is 7.89. The molecule has 1 aromatic rings. The quantitative estimate of drug-likeness (QED) is 0.537. The molecule has 0 aliphatic carbocycles. The second-order valence-corrected chi connectivity index (χ2v) is 5.71. The van der Waals surface area contributed by atoms with Gasteiger partial charge in [0.25, 0.3) is 0 Å². The first-order chi connectivity index (χ1) is 8.99. The van der Waals surface area contributed by atoms with Crippen molar-refractivity contribution in [3.05, 3.63) is 23.8 Å². The van der Waals surface area contributed by atoms with Gasteiger partial charge in [0.15, 0.2) is 0 Å². The molecule has 0 spiro atoms. The van der Waals surface area contributed by atoms with E-state index < -0.39 is 10.0 Å². The van der Waals surface area contributed by atoms with E-state index in [9.17, 15) is 8.42 Å². The normalized spacial score (nSPS) is 11.7. The van der Waals surface area contributed by atoms with Crippen molar-refractivity contribution in [1.82, 2.24) is 4.72 Å². The molecule has 0 fully saturated rings. The van der Waals surface area contributed by atoms with E-state index in [-0.39, 0.29) is 11.4 Å². The number of hydrogen-bond donors (Lipinski definition) is 2. The van der Waals surface area contributed by atoms with Crippen LogP contribution in [0.2, 0.25) is 0 Å². The summed E-state index contributed by atoms with van der Waals surface area (Å²) in [6.07, 6.45) is 0. The maximum absolute atomic E-state index is 12.0. The molecule has 0 saturated carbocycles. The number of benzene rings is 1. The van der Waals surface area contributed by atoms with Crippen LogP contribution < -0.4 is 10.5 Å². The van der Waals surface area contributed by atoms with Crippen molar-refractivity contribution in [2.24, 2.45) is 0 Å². The molecule has 7 heteroatoms. The Balaban J connectivity index is 2.54. The van der Waals surface area contributed by atoms with Crippen LogP contribution in [0.3, 0.4) is 0 Å². The first-order valence-corrected chi connectivity index (χ1v) is 7.39. The highest BCUT2D eigenvalue weighted by Gasteiger charge is 2.16. The van der Waals surface area contributed by atoms with Crippen LogP contribution in [0.4, 0.5) is 5.69 Å². The zero-order valence-corrected chi connectivity index (χ0v) is 12.0. The van der Waals surface area contributed by atoms with E-state index in [0.29, 0.717) is 31.1 Å². The number of sulfonamides is 1. The number of nitrogens with one attached hydrogen (secondary N) is 1. The van der Waals surface area contributed by atoms with Gasteiger partial charge in [0.1, 0.15) is 0 Å². The average molecular weight is 288 g/mol. The van der Waals surface area contributed by atoms with Gasteiger partial charge in [0.05, 0.1) is 24.7 Å². The Bertz CT molecular complexity index is 502. The summed E-state index contributed by atoms with van der Waals surface area (Å²) in [5.74, 6) is 0. The van der Waals surface area contributed by atoms with Crippen LogP contribution in [-0.2, 0) is 19.5 Å². The van der Waals surface area contributed by atoms with Gasteiger partial charge in [0.2, 0.25) is 10.0 Å². The lowest BCUT2D eigenvalue weighted by atomic mass is 10.2. The smallest absolute Gasteiger partial charge is 0.240 e. The van der Waals surface area contributed by atoms with Crippen LogP contribution in [0.25, 0.3) is 0 Å². The van der Waals surface area contributed by atoms with Crippen molar-refractivity contribution in [2.45, 2.75) is 11.8 Å². The van der Waals surface area contributed by atoms with E-state index in [1.54, 1.807) is 26.2 Å². The molecule has 0 aliphatic heterocycles. The van der Waals surface area contributed by atoms with Crippen LogP contribution in [0.5, 0.6) is 0 Å². The standard InChI is InChI=1S/C12H20N2O4S/c1-10-11(13)4-3-5-12(10)19(15,16)14-6-7-18-9-8-17-2/h3-5,14H,6-9,13H2,1-2H3. The van der Waals surface area contributed by atoms with Crippen molar-refractivity contribution < 1.29 is 17.9 Å². The maximum Gasteiger partial charge on any atom is 0.240 e. The predicted molar refractivity (Wildman–Crippen MR) is 73.5 cm³/mol. The molecule has 3 N–H and O–H groups in total. The summed E-state index contributed by atoms with van der Waals surface area (Å²) in [4.78, 5) is 0.199. The topological polar surface area (TPSA) is 90.6 Å². The van der Waals surface area contributed by atoms with Crippen molar-refractivity contribution >= 4 is 15.7 Å². The molecule has 0 saturated heterocycles. The Hall–Kier alpha value is -1.15. The zero-order chi connectivity index (χ0) is 14.3. The minimum absolute atomic E-state index is 0.199. The minimum Gasteiger partial charge on any atom is -0.398 e. The molecule has 1 rings (SSSR count). The van der Waals surface area contributed by atoms with E-state index in [2.05, 4.69) is 4.72 Å². The largest absolute Gasteiger partial charge is 0.398 e. The molecular weight excluding hydrogens is 268 g/mol. The molecule has 19 heavy (non-hydrogen) atoms. The molecule has 0 aromatic heterocycles. The van der Waals surface area contributed by atoms with Gasteiger partial charge in [0, 0.05) is 19.3 Å². The van der Waals surface area contributed by atoms with Crippen LogP contribution in [0.15, 0.2) is 23.1 Å². The van der Waals surface area contributed by atoms with Crippen molar-refractivity contribution in [1.29, 1.82) is 0 Å². The highest BCUT2D eigenvalue weighted by Crippen LogP contribution is 2.19. The molecule has 6 nitrogen and oxygen atoms in total. The van der Waals surface area contributed by atoms with E-state index in [1.165, 1.54) is 6.07 Å². The molecule has 0 heterocycles. The monoisotopic (exact) mass is 288 g/mol. The van der Waals surface area contributed by atoms with Gasteiger partial charge in [-0.15, -0.1) is 0 Å². The van der Waals surface area contributed by atoms with Crippen molar-refractivity contribution in [3.63, 3.8) is 0 Å². The lowest BCUT2D eigenvalue weighted by Crippen LogP contribution is -2.28. The van der Waals surface area contributed by atoms with Crippen molar-refractivity contribution in [3.8, 4) is 0 Å². The third-order valence-electron chi connectivity index (χ3n) is 2.59. The maximum atomic E-state index is 12.0. The molecule has 0 aliphatic rings. The van der Waals surface area contributed by atoms with Gasteiger partial charge in [-0.25, -0.2) is 13.1 Å². The van der Waals surface area contributed by atoms with Crippen LogP contribution in [-0.4, -0.2) is 41.9 Å². The van der Waals surface area contributed by atoms with Crippen LogP contribution in [0, 0.1) is 6.92 Å². The molecule has 0 unspecified atom stereocenters. The fraction of sp³-hybridized carbons (Fsp3) is 0.500. The Morgan fingerprint density at radius 3 is 2.68 bits per heavy atom. The highest BCUT2D eigenvalue weighted by atomic mass is 32.2. The molecular formula is C12H20N2O4S. The first kappa shape index (κ1) is 15.9. The number of nitrogens with two attached hydrogens (primary N) is 1. The van der Waals surface area contributed by atoms with Gasteiger partial charge in [-0.05, 0) is 24.6 Å². The third kappa shape index (κ3) is 4.79. The van der Waals surface area contributed by atoms with Gasteiger partial charge >= 0.3 is 0 Å². The summed E-state index contributed by atoms with van der Waals surface area (Å²) in [7, 11) is -1.97. The summed E-state index contributed by atoms with van der Waals surface area (Å²) in [5, 5.41) is 0. The second-order valence-electron chi connectivity index (χ2n) is 3.97.